The SMILES string of the molecule is c1ccc(-c2cccc(N(c3ccccc3)c3cc4c5ccccc5oc4c4c3c3cccc5c6c(N(c7ccccc7)c7cccc(-c8ccccc8)c7)cc7c8ccccc8oc7c6n4c35)c2)cc1. The molecule has 0 bridgehead atoms. The van der Waals surface area contributed by atoms with Crippen molar-refractivity contribution in [2.24, 2.45) is 0 Å². The Bertz CT molecular complexity index is 4230. The Labute approximate surface area is 408 Å². The van der Waals surface area contributed by atoms with Gasteiger partial charge in [-0.2, -0.15) is 0 Å². The minimum atomic E-state index is 0.830. The normalized spacial score (nSPS) is 11.9. The standard InChI is InChI=1S/C66H41N3O2/c1-5-20-42(21-6-1)44-24-17-30-48(38-44)67(46-26-9-3-10-27-46)56-40-54-50-32-13-15-36-58(50)70-65(54)63-60(56)52-34-19-35-53-61-57(41-55-51-33-14-16-37-59(51)71-66(55)64(61)69(63)62(52)53)68(47-28-11-4-12-29-47)49-31-18-25-45(39-49)43-22-7-2-8-23-43/h1-41H. The van der Waals surface area contributed by atoms with E-state index in [1.165, 1.54) is 0 Å². The van der Waals surface area contributed by atoms with Gasteiger partial charge in [-0.25, -0.2) is 0 Å². The van der Waals surface area contributed by atoms with Crippen molar-refractivity contribution >= 4 is 116 Å². The summed E-state index contributed by atoms with van der Waals surface area (Å²) in [5.74, 6) is 0. The third kappa shape index (κ3) is 5.93. The number of hydrogen-bond acceptors (Lipinski definition) is 4. The molecule has 15 aromatic rings. The smallest absolute Gasteiger partial charge is 0.160 e. The van der Waals surface area contributed by atoms with Crippen molar-refractivity contribution in [3.05, 3.63) is 249 Å². The molecule has 332 valence electrons. The van der Waals surface area contributed by atoms with Gasteiger partial charge in [-0.3, -0.25) is 0 Å². The molecule has 5 nitrogen and oxygen atoms in total. The predicted octanol–water partition coefficient (Wildman–Crippen LogP) is 18.9. The first-order valence-corrected chi connectivity index (χ1v) is 24.2. The molecular formula is C66H41N3O2. The van der Waals surface area contributed by atoms with Gasteiger partial charge < -0.3 is 23.0 Å². The quantitative estimate of drug-likeness (QED) is 0.152. The molecule has 0 unspecified atom stereocenters. The number of hydrogen-bond donors (Lipinski definition) is 0. The number of benzene rings is 11. The number of nitrogens with zero attached hydrogens (tertiary/aromatic N) is 3. The van der Waals surface area contributed by atoms with Crippen LogP contribution >= 0.6 is 0 Å². The van der Waals surface area contributed by atoms with Crippen LogP contribution < -0.4 is 9.80 Å². The average Bonchev–Trinajstić information content (AvgIpc) is 4.21. The van der Waals surface area contributed by atoms with E-state index < -0.39 is 0 Å². The maximum atomic E-state index is 7.16. The summed E-state index contributed by atoms with van der Waals surface area (Å²) in [6.45, 7) is 0. The van der Waals surface area contributed by atoms with E-state index in [4.69, 9.17) is 8.83 Å². The third-order valence-electron chi connectivity index (χ3n) is 14.4. The fourth-order valence-electron chi connectivity index (χ4n) is 11.4. The van der Waals surface area contributed by atoms with Gasteiger partial charge in [-0.05, 0) is 95.1 Å². The Morgan fingerprint density at radius 3 is 1.07 bits per heavy atom. The second-order valence-electron chi connectivity index (χ2n) is 18.4. The summed E-state index contributed by atoms with van der Waals surface area (Å²) in [4.78, 5) is 4.86. The first kappa shape index (κ1) is 39.4. The fraction of sp³-hybridized carbons (Fsp3) is 0. The summed E-state index contributed by atoms with van der Waals surface area (Å²) in [5.41, 5.74) is 17.4. The number of furan rings is 2. The topological polar surface area (TPSA) is 37.2 Å². The van der Waals surface area contributed by atoms with Crippen LogP contribution in [-0.4, -0.2) is 4.40 Å². The van der Waals surface area contributed by atoms with Gasteiger partial charge in [0.05, 0.1) is 16.9 Å². The van der Waals surface area contributed by atoms with Crippen LogP contribution in [0, 0.1) is 0 Å². The molecular weight excluding hydrogens is 867 g/mol. The molecule has 4 aromatic heterocycles. The summed E-state index contributed by atoms with van der Waals surface area (Å²) in [5, 5.41) is 8.64. The molecule has 0 saturated heterocycles. The predicted molar refractivity (Wildman–Crippen MR) is 296 cm³/mol. The van der Waals surface area contributed by atoms with Crippen molar-refractivity contribution in [2.45, 2.75) is 0 Å². The lowest BCUT2D eigenvalue weighted by molar-refractivity contribution is 0.670. The van der Waals surface area contributed by atoms with E-state index in [2.05, 4.69) is 263 Å². The van der Waals surface area contributed by atoms with Crippen molar-refractivity contribution < 1.29 is 8.83 Å². The first-order valence-electron chi connectivity index (χ1n) is 24.2. The Kier molecular flexibility index (Phi) is 8.59. The molecule has 5 heteroatoms. The number of para-hydroxylation sites is 5. The van der Waals surface area contributed by atoms with Gasteiger partial charge in [0, 0.05) is 65.8 Å². The highest BCUT2D eigenvalue weighted by atomic mass is 16.3. The summed E-state index contributed by atoms with van der Waals surface area (Å²) >= 11 is 0. The number of aromatic nitrogens is 1. The minimum Gasteiger partial charge on any atom is -0.454 e. The molecule has 0 N–H and O–H groups in total. The van der Waals surface area contributed by atoms with Crippen molar-refractivity contribution in [3.8, 4) is 22.3 Å². The van der Waals surface area contributed by atoms with E-state index >= 15 is 0 Å². The molecule has 0 atom stereocenters. The average molecular weight is 908 g/mol. The van der Waals surface area contributed by atoms with Crippen molar-refractivity contribution in [1.82, 2.24) is 4.40 Å². The van der Waals surface area contributed by atoms with Crippen LogP contribution in [0.4, 0.5) is 34.1 Å². The number of anilines is 6. The molecule has 15 rings (SSSR count). The first-order chi connectivity index (χ1) is 35.2. The van der Waals surface area contributed by atoms with E-state index in [9.17, 15) is 0 Å². The summed E-state index contributed by atoms with van der Waals surface area (Å²) in [6.07, 6.45) is 0. The highest BCUT2D eigenvalue weighted by Crippen LogP contribution is 2.54. The van der Waals surface area contributed by atoms with Gasteiger partial charge in [0.15, 0.2) is 11.2 Å². The Morgan fingerprint density at radius 1 is 0.268 bits per heavy atom. The molecule has 0 spiro atoms. The summed E-state index contributed by atoms with van der Waals surface area (Å²) < 4.78 is 16.8. The second kappa shape index (κ2) is 15.5. The number of rotatable bonds is 8. The minimum absolute atomic E-state index is 0.830. The largest absolute Gasteiger partial charge is 0.454 e. The van der Waals surface area contributed by atoms with Gasteiger partial charge in [0.2, 0.25) is 0 Å². The zero-order valence-corrected chi connectivity index (χ0v) is 38.3. The lowest BCUT2D eigenvalue weighted by Crippen LogP contribution is -2.11. The molecule has 0 amide bonds. The number of fused-ring (bicyclic) bond motifs is 14. The van der Waals surface area contributed by atoms with Crippen molar-refractivity contribution in [1.29, 1.82) is 0 Å². The summed E-state index contributed by atoms with van der Waals surface area (Å²) in [6, 6.07) is 89.0. The maximum absolute atomic E-state index is 7.16. The highest BCUT2D eigenvalue weighted by molar-refractivity contribution is 6.36. The molecule has 71 heavy (non-hydrogen) atoms. The molecule has 0 fully saturated rings. The van der Waals surface area contributed by atoms with E-state index in [1.54, 1.807) is 0 Å². The maximum Gasteiger partial charge on any atom is 0.160 e. The van der Waals surface area contributed by atoms with Gasteiger partial charge in [0.1, 0.15) is 22.2 Å². The lowest BCUT2D eigenvalue weighted by Gasteiger charge is -2.28. The lowest BCUT2D eigenvalue weighted by atomic mass is 10.00. The van der Waals surface area contributed by atoms with Gasteiger partial charge in [0.25, 0.3) is 0 Å². The van der Waals surface area contributed by atoms with Crippen LogP contribution in [0.3, 0.4) is 0 Å². The van der Waals surface area contributed by atoms with Crippen LogP contribution in [-0.2, 0) is 0 Å². The third-order valence-corrected chi connectivity index (χ3v) is 14.4. The molecule has 11 aromatic carbocycles. The molecule has 0 aliphatic rings. The van der Waals surface area contributed by atoms with Crippen LogP contribution in [0.25, 0.3) is 104 Å². The molecule has 0 aliphatic carbocycles. The Hall–Kier alpha value is -9.58. The monoisotopic (exact) mass is 907 g/mol. The van der Waals surface area contributed by atoms with Gasteiger partial charge >= 0.3 is 0 Å². The van der Waals surface area contributed by atoms with E-state index in [-0.39, 0.29) is 0 Å². The second-order valence-corrected chi connectivity index (χ2v) is 18.4. The zero-order valence-electron chi connectivity index (χ0n) is 38.3. The molecule has 4 heterocycles. The van der Waals surface area contributed by atoms with Crippen LogP contribution in [0.15, 0.2) is 258 Å². The van der Waals surface area contributed by atoms with Crippen LogP contribution in [0.2, 0.25) is 0 Å². The van der Waals surface area contributed by atoms with Crippen molar-refractivity contribution in [2.75, 3.05) is 9.80 Å². The summed E-state index contributed by atoms with van der Waals surface area (Å²) in [7, 11) is 0. The molecule has 0 aliphatic heterocycles. The zero-order chi connectivity index (χ0) is 46.6. The van der Waals surface area contributed by atoms with Crippen LogP contribution in [0.1, 0.15) is 0 Å². The molecule has 0 saturated carbocycles. The van der Waals surface area contributed by atoms with Gasteiger partial charge in [-0.15, -0.1) is 0 Å². The van der Waals surface area contributed by atoms with Gasteiger partial charge in [-0.1, -0.05) is 176 Å². The van der Waals surface area contributed by atoms with E-state index in [0.717, 1.165) is 138 Å². The Morgan fingerprint density at radius 2 is 0.620 bits per heavy atom. The van der Waals surface area contributed by atoms with E-state index in [1.807, 2.05) is 0 Å². The van der Waals surface area contributed by atoms with E-state index in [0.29, 0.717) is 0 Å². The highest BCUT2D eigenvalue weighted by Gasteiger charge is 2.31. The van der Waals surface area contributed by atoms with Crippen molar-refractivity contribution in [3.63, 3.8) is 0 Å². The molecule has 0 radical (unpaired) electrons. The van der Waals surface area contributed by atoms with Crippen LogP contribution in [0.5, 0.6) is 0 Å². The Balaban J connectivity index is 1.12. The fourth-order valence-corrected chi connectivity index (χ4v) is 11.4.